The number of nitrogens with one attached hydrogen (secondary N) is 1. The standard InChI is InChI=1S/C14H25N5O2/c1-4-21-9-13-16-12(18-15)7-14(17-13)19-6-5-10(2)11(8-19)20-3/h7,10-11H,4-6,8-9,15H2,1-3H3,(H,16,17,18). The molecule has 0 spiro atoms. The lowest BCUT2D eigenvalue weighted by atomic mass is 9.96. The van der Waals surface area contributed by atoms with Gasteiger partial charge in [-0.3, -0.25) is 0 Å². The largest absolute Gasteiger partial charge is 0.379 e. The maximum Gasteiger partial charge on any atom is 0.158 e. The summed E-state index contributed by atoms with van der Waals surface area (Å²) in [6.45, 7) is 6.96. The lowest BCUT2D eigenvalue weighted by Crippen LogP contribution is -2.44. The van der Waals surface area contributed by atoms with E-state index in [4.69, 9.17) is 15.3 Å². The summed E-state index contributed by atoms with van der Waals surface area (Å²) in [7, 11) is 1.76. The minimum atomic E-state index is 0.221. The zero-order chi connectivity index (χ0) is 15.2. The highest BCUT2D eigenvalue weighted by Gasteiger charge is 2.27. The van der Waals surface area contributed by atoms with Crippen LogP contribution in [-0.4, -0.2) is 42.9 Å². The van der Waals surface area contributed by atoms with E-state index in [1.54, 1.807) is 7.11 Å². The molecule has 2 rings (SSSR count). The molecule has 0 aliphatic carbocycles. The minimum absolute atomic E-state index is 0.221. The zero-order valence-electron chi connectivity index (χ0n) is 13.0. The Balaban J connectivity index is 2.17. The Bertz CT molecular complexity index is 457. The number of nitrogens with two attached hydrogens (primary N) is 1. The number of piperidine rings is 1. The number of anilines is 2. The number of aromatic nitrogens is 2. The molecule has 0 amide bonds. The summed E-state index contributed by atoms with van der Waals surface area (Å²) < 4.78 is 10.9. The van der Waals surface area contributed by atoms with Crippen molar-refractivity contribution in [3.8, 4) is 0 Å². The van der Waals surface area contributed by atoms with Crippen molar-refractivity contribution in [1.29, 1.82) is 0 Å². The summed E-state index contributed by atoms with van der Waals surface area (Å²) in [6, 6.07) is 1.86. The summed E-state index contributed by atoms with van der Waals surface area (Å²) in [5, 5.41) is 0. The van der Waals surface area contributed by atoms with Crippen LogP contribution in [-0.2, 0) is 16.1 Å². The first-order valence-electron chi connectivity index (χ1n) is 7.38. The number of hydrogen-bond acceptors (Lipinski definition) is 7. The second kappa shape index (κ2) is 7.53. The van der Waals surface area contributed by atoms with Gasteiger partial charge in [0.1, 0.15) is 18.2 Å². The number of ether oxygens (including phenoxy) is 2. The van der Waals surface area contributed by atoms with Crippen molar-refractivity contribution in [2.24, 2.45) is 11.8 Å². The molecule has 7 nitrogen and oxygen atoms in total. The third-order valence-electron chi connectivity index (χ3n) is 3.86. The van der Waals surface area contributed by atoms with Crippen molar-refractivity contribution in [1.82, 2.24) is 9.97 Å². The lowest BCUT2D eigenvalue weighted by molar-refractivity contribution is 0.0496. The molecule has 1 aliphatic heterocycles. The van der Waals surface area contributed by atoms with Crippen LogP contribution in [0.4, 0.5) is 11.6 Å². The summed E-state index contributed by atoms with van der Waals surface area (Å²) in [4.78, 5) is 11.1. The van der Waals surface area contributed by atoms with E-state index in [2.05, 4.69) is 27.2 Å². The van der Waals surface area contributed by atoms with Gasteiger partial charge in [-0.05, 0) is 19.3 Å². The van der Waals surface area contributed by atoms with Gasteiger partial charge in [-0.2, -0.15) is 0 Å². The van der Waals surface area contributed by atoms with Crippen molar-refractivity contribution in [3.05, 3.63) is 11.9 Å². The number of hydrazine groups is 1. The predicted octanol–water partition coefficient (Wildman–Crippen LogP) is 1.16. The van der Waals surface area contributed by atoms with Crippen molar-refractivity contribution in [2.75, 3.05) is 37.1 Å². The molecule has 1 aromatic rings. The molecule has 7 heteroatoms. The van der Waals surface area contributed by atoms with Crippen LogP contribution in [0.5, 0.6) is 0 Å². The van der Waals surface area contributed by atoms with Crippen molar-refractivity contribution in [3.63, 3.8) is 0 Å². The van der Waals surface area contributed by atoms with Gasteiger partial charge in [-0.1, -0.05) is 6.92 Å². The summed E-state index contributed by atoms with van der Waals surface area (Å²) in [5.74, 6) is 8.15. The van der Waals surface area contributed by atoms with Gasteiger partial charge in [0.05, 0.1) is 6.10 Å². The number of rotatable bonds is 6. The summed E-state index contributed by atoms with van der Waals surface area (Å²) >= 11 is 0. The maximum absolute atomic E-state index is 5.56. The summed E-state index contributed by atoms with van der Waals surface area (Å²) in [5.41, 5.74) is 2.59. The average molecular weight is 295 g/mol. The molecule has 2 atom stereocenters. The molecule has 0 saturated carbocycles. The highest BCUT2D eigenvalue weighted by atomic mass is 16.5. The smallest absolute Gasteiger partial charge is 0.158 e. The average Bonchev–Trinajstić information content (AvgIpc) is 2.53. The van der Waals surface area contributed by atoms with Crippen LogP contribution in [0.3, 0.4) is 0 Å². The van der Waals surface area contributed by atoms with Crippen LogP contribution in [0.2, 0.25) is 0 Å². The molecular weight excluding hydrogens is 270 g/mol. The lowest BCUT2D eigenvalue weighted by Gasteiger charge is -2.37. The first kappa shape index (κ1) is 15.9. The molecule has 1 saturated heterocycles. The fourth-order valence-corrected chi connectivity index (χ4v) is 2.53. The van der Waals surface area contributed by atoms with Gasteiger partial charge in [0, 0.05) is 32.9 Å². The second-order valence-electron chi connectivity index (χ2n) is 5.30. The zero-order valence-corrected chi connectivity index (χ0v) is 13.0. The molecule has 0 bridgehead atoms. The number of nitrogen functional groups attached to an aromatic ring is 1. The molecule has 1 fully saturated rings. The van der Waals surface area contributed by atoms with Crippen LogP contribution in [0.15, 0.2) is 6.07 Å². The Kier molecular flexibility index (Phi) is 5.72. The van der Waals surface area contributed by atoms with E-state index in [0.717, 1.165) is 25.3 Å². The maximum atomic E-state index is 5.56. The van der Waals surface area contributed by atoms with E-state index < -0.39 is 0 Å². The fraction of sp³-hybridized carbons (Fsp3) is 0.714. The van der Waals surface area contributed by atoms with Crippen molar-refractivity contribution >= 4 is 11.6 Å². The topological polar surface area (TPSA) is 85.5 Å². The SMILES string of the molecule is CCOCc1nc(NN)cc(N2CCC(C)C(OC)C2)n1. The first-order valence-corrected chi connectivity index (χ1v) is 7.38. The number of nitrogens with zero attached hydrogens (tertiary/aromatic N) is 3. The fourth-order valence-electron chi connectivity index (χ4n) is 2.53. The van der Waals surface area contributed by atoms with E-state index in [1.165, 1.54) is 0 Å². The highest BCUT2D eigenvalue weighted by molar-refractivity contribution is 5.49. The van der Waals surface area contributed by atoms with E-state index in [1.807, 2.05) is 13.0 Å². The summed E-state index contributed by atoms with van der Waals surface area (Å²) in [6.07, 6.45) is 1.30. The Morgan fingerprint density at radius 1 is 1.48 bits per heavy atom. The minimum Gasteiger partial charge on any atom is -0.379 e. The van der Waals surface area contributed by atoms with Gasteiger partial charge in [-0.25, -0.2) is 15.8 Å². The Morgan fingerprint density at radius 2 is 2.29 bits per heavy atom. The van der Waals surface area contributed by atoms with Crippen LogP contribution < -0.4 is 16.2 Å². The molecule has 21 heavy (non-hydrogen) atoms. The molecule has 3 N–H and O–H groups in total. The van der Waals surface area contributed by atoms with Crippen molar-refractivity contribution < 1.29 is 9.47 Å². The van der Waals surface area contributed by atoms with Gasteiger partial charge in [0.2, 0.25) is 0 Å². The predicted molar refractivity (Wildman–Crippen MR) is 82.0 cm³/mol. The van der Waals surface area contributed by atoms with E-state index >= 15 is 0 Å². The van der Waals surface area contributed by atoms with Gasteiger partial charge < -0.3 is 19.8 Å². The molecule has 0 aromatic carbocycles. The molecule has 2 heterocycles. The van der Waals surface area contributed by atoms with Crippen LogP contribution >= 0.6 is 0 Å². The van der Waals surface area contributed by atoms with Crippen LogP contribution in [0.25, 0.3) is 0 Å². The number of methoxy groups -OCH3 is 1. The molecule has 1 aromatic heterocycles. The Hall–Kier alpha value is -1.44. The third kappa shape index (κ3) is 4.03. The van der Waals surface area contributed by atoms with Gasteiger partial charge in [0.25, 0.3) is 0 Å². The molecule has 118 valence electrons. The van der Waals surface area contributed by atoms with Crippen LogP contribution in [0, 0.1) is 5.92 Å². The van der Waals surface area contributed by atoms with Gasteiger partial charge >= 0.3 is 0 Å². The van der Waals surface area contributed by atoms with Gasteiger partial charge in [-0.15, -0.1) is 0 Å². The second-order valence-corrected chi connectivity index (χ2v) is 5.30. The highest BCUT2D eigenvalue weighted by Crippen LogP contribution is 2.25. The third-order valence-corrected chi connectivity index (χ3v) is 3.86. The first-order chi connectivity index (χ1) is 10.2. The van der Waals surface area contributed by atoms with Gasteiger partial charge in [0.15, 0.2) is 5.82 Å². The normalized spacial score (nSPS) is 22.4. The quantitative estimate of drug-likeness (QED) is 0.601. The van der Waals surface area contributed by atoms with E-state index in [-0.39, 0.29) is 6.10 Å². The molecule has 1 aliphatic rings. The molecular formula is C14H25N5O2. The molecule has 0 radical (unpaired) electrons. The van der Waals surface area contributed by atoms with Crippen molar-refractivity contribution in [2.45, 2.75) is 33.0 Å². The molecule has 2 unspecified atom stereocenters. The van der Waals surface area contributed by atoms with E-state index in [9.17, 15) is 0 Å². The Labute approximate surface area is 125 Å². The monoisotopic (exact) mass is 295 g/mol. The van der Waals surface area contributed by atoms with Crippen LogP contribution in [0.1, 0.15) is 26.1 Å². The Morgan fingerprint density at radius 3 is 2.95 bits per heavy atom. The van der Waals surface area contributed by atoms with E-state index in [0.29, 0.717) is 30.8 Å². The number of hydrogen-bond donors (Lipinski definition) is 2.